The van der Waals surface area contributed by atoms with E-state index in [1.807, 2.05) is 12.1 Å². The number of sulfonamides is 1. The van der Waals surface area contributed by atoms with Crippen molar-refractivity contribution in [2.75, 3.05) is 5.73 Å². The number of anilines is 1. The lowest BCUT2D eigenvalue weighted by atomic mass is 10.1. The second kappa shape index (κ2) is 6.80. The number of aliphatic carboxylic acids is 1. The lowest BCUT2D eigenvalue weighted by Crippen LogP contribution is -2.40. The van der Waals surface area contributed by atoms with Crippen molar-refractivity contribution in [2.24, 2.45) is 0 Å². The molecule has 0 bridgehead atoms. The molecule has 0 radical (unpaired) electrons. The number of nitrogens with two attached hydrogens (primary N) is 1. The van der Waals surface area contributed by atoms with E-state index in [2.05, 4.69) is 4.72 Å². The first-order valence-corrected chi connectivity index (χ1v) is 8.53. The van der Waals surface area contributed by atoms with Crippen molar-refractivity contribution < 1.29 is 18.3 Å². The Hall–Kier alpha value is -2.38. The molecule has 0 aromatic heterocycles. The first-order chi connectivity index (χ1) is 10.8. The van der Waals surface area contributed by atoms with Crippen LogP contribution in [-0.4, -0.2) is 25.5 Å². The standard InChI is InChI=1S/C16H18N2O4S/c1-2-15(16(19)20)18-23(21,22)14-9-5-12(6-10-14)11-3-7-13(17)8-4-11/h3-10,15,18H,2,17H2,1H3,(H,19,20). The third-order valence-corrected chi connectivity index (χ3v) is 4.90. The van der Waals surface area contributed by atoms with Gasteiger partial charge >= 0.3 is 5.97 Å². The first-order valence-electron chi connectivity index (χ1n) is 7.04. The average Bonchev–Trinajstić information content (AvgIpc) is 2.53. The van der Waals surface area contributed by atoms with Gasteiger partial charge in [-0.15, -0.1) is 0 Å². The van der Waals surface area contributed by atoms with Crippen LogP contribution in [0.4, 0.5) is 5.69 Å². The van der Waals surface area contributed by atoms with E-state index in [-0.39, 0.29) is 11.3 Å². The van der Waals surface area contributed by atoms with Gasteiger partial charge in [-0.1, -0.05) is 31.2 Å². The van der Waals surface area contributed by atoms with Gasteiger partial charge in [0.1, 0.15) is 6.04 Å². The number of carbonyl (C=O) groups is 1. The minimum atomic E-state index is -3.87. The molecule has 7 heteroatoms. The summed E-state index contributed by atoms with van der Waals surface area (Å²) in [5, 5.41) is 8.96. The zero-order valence-electron chi connectivity index (χ0n) is 12.6. The molecule has 0 aliphatic carbocycles. The molecule has 0 amide bonds. The van der Waals surface area contributed by atoms with Crippen molar-refractivity contribution in [3.05, 3.63) is 48.5 Å². The van der Waals surface area contributed by atoms with E-state index >= 15 is 0 Å². The topological polar surface area (TPSA) is 109 Å². The zero-order valence-corrected chi connectivity index (χ0v) is 13.4. The summed E-state index contributed by atoms with van der Waals surface area (Å²) in [6.07, 6.45) is 0.165. The summed E-state index contributed by atoms with van der Waals surface area (Å²) >= 11 is 0. The van der Waals surface area contributed by atoms with Gasteiger partial charge in [0, 0.05) is 5.69 Å². The maximum absolute atomic E-state index is 12.2. The van der Waals surface area contributed by atoms with Gasteiger partial charge in [0.25, 0.3) is 0 Å². The van der Waals surface area contributed by atoms with Crippen LogP contribution < -0.4 is 10.5 Å². The Balaban J connectivity index is 2.24. The number of rotatable bonds is 6. The van der Waals surface area contributed by atoms with Crippen molar-refractivity contribution >= 4 is 21.7 Å². The van der Waals surface area contributed by atoms with Crippen LogP contribution >= 0.6 is 0 Å². The molecule has 0 fully saturated rings. The SMILES string of the molecule is CCC(NS(=O)(=O)c1ccc(-c2ccc(N)cc2)cc1)C(=O)O. The van der Waals surface area contributed by atoms with Crippen LogP contribution in [0, 0.1) is 0 Å². The van der Waals surface area contributed by atoms with E-state index in [9.17, 15) is 13.2 Å². The Bertz CT molecular complexity index is 784. The highest BCUT2D eigenvalue weighted by atomic mass is 32.2. The molecule has 0 saturated heterocycles. The Morgan fingerprint density at radius 1 is 1.09 bits per heavy atom. The largest absolute Gasteiger partial charge is 0.480 e. The number of hydrogen-bond donors (Lipinski definition) is 3. The fourth-order valence-corrected chi connectivity index (χ4v) is 3.34. The molecule has 1 atom stereocenters. The molecule has 4 N–H and O–H groups in total. The fraction of sp³-hybridized carbons (Fsp3) is 0.188. The molecule has 6 nitrogen and oxygen atoms in total. The normalized spacial score (nSPS) is 12.7. The van der Waals surface area contributed by atoms with Crippen LogP contribution in [0.2, 0.25) is 0 Å². The lowest BCUT2D eigenvalue weighted by molar-refractivity contribution is -0.139. The third kappa shape index (κ3) is 4.08. The maximum Gasteiger partial charge on any atom is 0.321 e. The third-order valence-electron chi connectivity index (χ3n) is 3.41. The monoisotopic (exact) mass is 334 g/mol. The Labute approximate surface area is 135 Å². The molecular weight excluding hydrogens is 316 g/mol. The van der Waals surface area contributed by atoms with Gasteiger partial charge in [0.2, 0.25) is 10.0 Å². The van der Waals surface area contributed by atoms with Gasteiger partial charge in [0.05, 0.1) is 4.90 Å². The van der Waals surface area contributed by atoms with E-state index in [1.54, 1.807) is 31.2 Å². The van der Waals surface area contributed by atoms with Crippen LogP contribution in [0.25, 0.3) is 11.1 Å². The van der Waals surface area contributed by atoms with Gasteiger partial charge < -0.3 is 10.8 Å². The smallest absolute Gasteiger partial charge is 0.321 e. The Kier molecular flexibility index (Phi) is 5.02. The quantitative estimate of drug-likeness (QED) is 0.701. The molecule has 2 rings (SSSR count). The number of nitrogens with one attached hydrogen (secondary N) is 1. The van der Waals surface area contributed by atoms with Gasteiger partial charge in [-0.05, 0) is 41.8 Å². The van der Waals surface area contributed by atoms with E-state index in [1.165, 1.54) is 12.1 Å². The van der Waals surface area contributed by atoms with E-state index < -0.39 is 22.0 Å². The van der Waals surface area contributed by atoms with E-state index in [4.69, 9.17) is 10.8 Å². The van der Waals surface area contributed by atoms with Crippen molar-refractivity contribution in [1.29, 1.82) is 0 Å². The van der Waals surface area contributed by atoms with Crippen LogP contribution in [0.5, 0.6) is 0 Å². The highest BCUT2D eigenvalue weighted by molar-refractivity contribution is 7.89. The summed E-state index contributed by atoms with van der Waals surface area (Å²) in [6.45, 7) is 1.60. The molecule has 2 aromatic rings. The first kappa shape index (κ1) is 17.0. The van der Waals surface area contributed by atoms with Crippen LogP contribution in [0.15, 0.2) is 53.4 Å². The summed E-state index contributed by atoms with van der Waals surface area (Å²) in [6, 6.07) is 12.3. The maximum atomic E-state index is 12.2. The van der Waals surface area contributed by atoms with Crippen molar-refractivity contribution in [3.8, 4) is 11.1 Å². The van der Waals surface area contributed by atoms with Crippen LogP contribution in [0.1, 0.15) is 13.3 Å². The highest BCUT2D eigenvalue weighted by Gasteiger charge is 2.23. The van der Waals surface area contributed by atoms with E-state index in [0.29, 0.717) is 5.69 Å². The van der Waals surface area contributed by atoms with Gasteiger partial charge in [0.15, 0.2) is 0 Å². The zero-order chi connectivity index (χ0) is 17.0. The Morgan fingerprint density at radius 2 is 1.57 bits per heavy atom. The van der Waals surface area contributed by atoms with Gasteiger partial charge in [-0.3, -0.25) is 4.79 Å². The van der Waals surface area contributed by atoms with E-state index in [0.717, 1.165) is 11.1 Å². The summed E-state index contributed by atoms with van der Waals surface area (Å²) in [4.78, 5) is 11.0. The van der Waals surface area contributed by atoms with Crippen molar-refractivity contribution in [3.63, 3.8) is 0 Å². The number of nitrogen functional groups attached to an aromatic ring is 1. The molecule has 0 saturated carbocycles. The molecule has 2 aromatic carbocycles. The lowest BCUT2D eigenvalue weighted by Gasteiger charge is -2.13. The summed E-state index contributed by atoms with van der Waals surface area (Å²) in [5.41, 5.74) is 8.04. The fourth-order valence-electron chi connectivity index (χ4n) is 2.07. The van der Waals surface area contributed by atoms with Crippen LogP contribution in [-0.2, 0) is 14.8 Å². The molecule has 0 spiro atoms. The molecule has 23 heavy (non-hydrogen) atoms. The van der Waals surface area contributed by atoms with Crippen molar-refractivity contribution in [1.82, 2.24) is 4.72 Å². The summed E-state index contributed by atoms with van der Waals surface area (Å²) in [5.74, 6) is -1.20. The predicted molar refractivity (Wildman–Crippen MR) is 88.3 cm³/mol. The molecular formula is C16H18N2O4S. The molecule has 1 unspecified atom stereocenters. The molecule has 122 valence electrons. The number of hydrogen-bond acceptors (Lipinski definition) is 4. The highest BCUT2D eigenvalue weighted by Crippen LogP contribution is 2.22. The Morgan fingerprint density at radius 3 is 2.00 bits per heavy atom. The number of benzene rings is 2. The summed E-state index contributed by atoms with van der Waals surface area (Å²) in [7, 11) is -3.87. The average molecular weight is 334 g/mol. The predicted octanol–water partition coefficient (Wildman–Crippen LogP) is 2.08. The minimum absolute atomic E-state index is 0.0244. The number of carboxylic acid groups (broad SMARTS) is 1. The second-order valence-electron chi connectivity index (χ2n) is 5.07. The second-order valence-corrected chi connectivity index (χ2v) is 6.78. The summed E-state index contributed by atoms with van der Waals surface area (Å²) < 4.78 is 26.6. The molecule has 0 heterocycles. The van der Waals surface area contributed by atoms with Crippen molar-refractivity contribution in [2.45, 2.75) is 24.3 Å². The molecule has 0 aliphatic heterocycles. The molecule has 0 aliphatic rings. The minimum Gasteiger partial charge on any atom is -0.480 e. The number of carboxylic acids is 1. The van der Waals surface area contributed by atoms with Gasteiger partial charge in [-0.2, -0.15) is 4.72 Å². The van der Waals surface area contributed by atoms with Crippen LogP contribution in [0.3, 0.4) is 0 Å². The van der Waals surface area contributed by atoms with Gasteiger partial charge in [-0.25, -0.2) is 8.42 Å².